The van der Waals surface area contributed by atoms with Gasteiger partial charge in [-0.15, -0.1) is 0 Å². The molecule has 6 nitrogen and oxygen atoms in total. The van der Waals surface area contributed by atoms with Crippen LogP contribution in [-0.4, -0.2) is 18.7 Å². The summed E-state index contributed by atoms with van der Waals surface area (Å²) in [6.45, 7) is 2.15. The molecule has 1 saturated carbocycles. The summed E-state index contributed by atoms with van der Waals surface area (Å²) in [5.74, 6) is 0. The molecule has 1 fully saturated rings. The van der Waals surface area contributed by atoms with Gasteiger partial charge in [-0.3, -0.25) is 13.9 Å². The zero-order chi connectivity index (χ0) is 16.6. The summed E-state index contributed by atoms with van der Waals surface area (Å²) in [6, 6.07) is 0. The zero-order valence-electron chi connectivity index (χ0n) is 14.3. The van der Waals surface area contributed by atoms with Crippen molar-refractivity contribution in [2.75, 3.05) is 0 Å². The number of fused-ring (bicyclic) bond motifs is 1. The lowest BCUT2D eigenvalue weighted by Crippen LogP contribution is -2.47. The van der Waals surface area contributed by atoms with E-state index in [0.29, 0.717) is 11.2 Å². The highest BCUT2D eigenvalue weighted by Gasteiger charge is 2.31. The van der Waals surface area contributed by atoms with Gasteiger partial charge in [0.2, 0.25) is 0 Å². The van der Waals surface area contributed by atoms with E-state index in [-0.39, 0.29) is 16.8 Å². The van der Waals surface area contributed by atoms with Crippen LogP contribution < -0.4 is 11.2 Å². The molecule has 0 saturated heterocycles. The summed E-state index contributed by atoms with van der Waals surface area (Å²) in [7, 11) is 3.36. The summed E-state index contributed by atoms with van der Waals surface area (Å²) < 4.78 is 4.73. The molecule has 0 aliphatic heterocycles. The lowest BCUT2D eigenvalue weighted by molar-refractivity contribution is 0.252. The Labute approximate surface area is 135 Å². The molecule has 23 heavy (non-hydrogen) atoms. The molecule has 3 rings (SSSR count). The molecule has 0 aromatic carbocycles. The van der Waals surface area contributed by atoms with Crippen molar-refractivity contribution in [3.63, 3.8) is 0 Å². The maximum absolute atomic E-state index is 12.9. The van der Waals surface area contributed by atoms with E-state index in [0.717, 1.165) is 25.7 Å². The van der Waals surface area contributed by atoms with E-state index in [4.69, 9.17) is 0 Å². The van der Waals surface area contributed by atoms with Crippen molar-refractivity contribution in [1.29, 1.82) is 0 Å². The van der Waals surface area contributed by atoms with Crippen molar-refractivity contribution in [2.45, 2.75) is 63.8 Å². The van der Waals surface area contributed by atoms with Gasteiger partial charge in [0.25, 0.3) is 5.56 Å². The van der Waals surface area contributed by atoms with Gasteiger partial charge in [-0.2, -0.15) is 0 Å². The van der Waals surface area contributed by atoms with Crippen LogP contribution in [0.1, 0.15) is 58.3 Å². The molecule has 0 radical (unpaired) electrons. The van der Waals surface area contributed by atoms with Crippen LogP contribution in [0.25, 0.3) is 11.2 Å². The van der Waals surface area contributed by atoms with E-state index in [1.54, 1.807) is 29.6 Å². The third-order valence-corrected chi connectivity index (χ3v) is 5.34. The second-order valence-electron chi connectivity index (χ2n) is 7.13. The van der Waals surface area contributed by atoms with Crippen molar-refractivity contribution in [3.05, 3.63) is 27.2 Å². The van der Waals surface area contributed by atoms with E-state index in [2.05, 4.69) is 11.9 Å². The molecule has 2 heterocycles. The largest absolute Gasteiger partial charge is 0.332 e. The minimum Gasteiger partial charge on any atom is -0.328 e. The third kappa shape index (κ3) is 2.64. The minimum atomic E-state index is -0.278. The minimum absolute atomic E-state index is 0.247. The first kappa shape index (κ1) is 16.0. The van der Waals surface area contributed by atoms with Gasteiger partial charge in [0.15, 0.2) is 11.2 Å². The van der Waals surface area contributed by atoms with Crippen molar-refractivity contribution >= 4 is 11.2 Å². The highest BCUT2D eigenvalue weighted by molar-refractivity contribution is 5.70. The average molecular weight is 318 g/mol. The Kier molecular flexibility index (Phi) is 4.17. The monoisotopic (exact) mass is 318 g/mol. The van der Waals surface area contributed by atoms with E-state index in [9.17, 15) is 9.59 Å². The summed E-state index contributed by atoms with van der Waals surface area (Å²) in [4.78, 5) is 29.7. The van der Waals surface area contributed by atoms with Crippen LogP contribution in [0.5, 0.6) is 0 Å². The summed E-state index contributed by atoms with van der Waals surface area (Å²) in [6.07, 6.45) is 10.7. The van der Waals surface area contributed by atoms with Gasteiger partial charge in [0, 0.05) is 19.6 Å². The van der Waals surface area contributed by atoms with Gasteiger partial charge in [0.1, 0.15) is 0 Å². The number of aromatic nitrogens is 4. The number of imidazole rings is 1. The van der Waals surface area contributed by atoms with Gasteiger partial charge in [0.05, 0.1) is 6.33 Å². The van der Waals surface area contributed by atoms with E-state index >= 15 is 0 Å². The first-order valence-corrected chi connectivity index (χ1v) is 8.59. The lowest BCUT2D eigenvalue weighted by atomic mass is 9.89. The van der Waals surface area contributed by atoms with Gasteiger partial charge < -0.3 is 4.57 Å². The Bertz CT molecular complexity index is 817. The fourth-order valence-electron chi connectivity index (χ4n) is 3.87. The first-order chi connectivity index (χ1) is 11.0. The topological polar surface area (TPSA) is 61.8 Å². The number of rotatable bonds is 1. The first-order valence-electron chi connectivity index (χ1n) is 8.59. The normalized spacial score (nSPS) is 19.3. The van der Waals surface area contributed by atoms with Crippen LogP contribution in [-0.2, 0) is 19.6 Å². The Morgan fingerprint density at radius 1 is 1.00 bits per heavy atom. The van der Waals surface area contributed by atoms with Crippen molar-refractivity contribution in [1.82, 2.24) is 18.7 Å². The number of hydrogen-bond donors (Lipinski definition) is 0. The molecule has 0 amide bonds. The predicted molar refractivity (Wildman–Crippen MR) is 90.8 cm³/mol. The fourth-order valence-corrected chi connectivity index (χ4v) is 3.87. The molecule has 2 aromatic rings. The highest BCUT2D eigenvalue weighted by Crippen LogP contribution is 2.32. The highest BCUT2D eigenvalue weighted by atomic mass is 16.2. The lowest BCUT2D eigenvalue weighted by Gasteiger charge is -2.32. The second kappa shape index (κ2) is 5.98. The standard InChI is InChI=1S/C17H26N4O2/c1-17(10-8-6-4-5-7-9-11-17)21-14-13(19(2)12-18-14)15(22)20(3)16(21)23/h12H,4-11H2,1-3H3. The molecule has 0 atom stereocenters. The van der Waals surface area contributed by atoms with Gasteiger partial charge in [-0.05, 0) is 19.8 Å². The van der Waals surface area contributed by atoms with Crippen molar-refractivity contribution in [3.8, 4) is 0 Å². The Balaban J connectivity index is 2.25. The molecule has 6 heteroatoms. The van der Waals surface area contributed by atoms with Crippen LogP contribution in [0.15, 0.2) is 15.9 Å². The van der Waals surface area contributed by atoms with Crippen molar-refractivity contribution in [2.24, 2.45) is 14.1 Å². The molecule has 0 spiro atoms. The maximum atomic E-state index is 12.9. The molecule has 0 unspecified atom stereocenters. The number of hydrogen-bond acceptors (Lipinski definition) is 3. The maximum Gasteiger partial charge on any atom is 0.332 e. The van der Waals surface area contributed by atoms with Crippen LogP contribution >= 0.6 is 0 Å². The van der Waals surface area contributed by atoms with Crippen LogP contribution in [0, 0.1) is 0 Å². The summed E-state index contributed by atoms with van der Waals surface area (Å²) >= 11 is 0. The van der Waals surface area contributed by atoms with E-state index in [1.165, 1.54) is 30.3 Å². The predicted octanol–water partition coefficient (Wildman–Crippen LogP) is 2.28. The molecule has 0 N–H and O–H groups in total. The smallest absolute Gasteiger partial charge is 0.328 e. The molecule has 126 valence electrons. The molecular formula is C17H26N4O2. The molecule has 0 bridgehead atoms. The fraction of sp³-hybridized carbons (Fsp3) is 0.706. The number of aryl methyl sites for hydroxylation is 1. The van der Waals surface area contributed by atoms with E-state index < -0.39 is 0 Å². The van der Waals surface area contributed by atoms with Gasteiger partial charge >= 0.3 is 5.69 Å². The van der Waals surface area contributed by atoms with Gasteiger partial charge in [-0.25, -0.2) is 9.78 Å². The van der Waals surface area contributed by atoms with E-state index in [1.807, 2.05) is 0 Å². The Morgan fingerprint density at radius 3 is 2.17 bits per heavy atom. The van der Waals surface area contributed by atoms with Crippen LogP contribution in [0.4, 0.5) is 0 Å². The average Bonchev–Trinajstić information content (AvgIpc) is 2.93. The van der Waals surface area contributed by atoms with Crippen LogP contribution in [0.3, 0.4) is 0 Å². The Hall–Kier alpha value is -1.85. The second-order valence-corrected chi connectivity index (χ2v) is 7.13. The quantitative estimate of drug-likeness (QED) is 0.810. The van der Waals surface area contributed by atoms with Crippen LogP contribution in [0.2, 0.25) is 0 Å². The van der Waals surface area contributed by atoms with Crippen molar-refractivity contribution < 1.29 is 0 Å². The molecular weight excluding hydrogens is 292 g/mol. The Morgan fingerprint density at radius 2 is 1.57 bits per heavy atom. The SMILES string of the molecule is Cn1c(=O)c2c(ncn2C)n(C2(C)CCCCCCCC2)c1=O. The number of nitrogens with zero attached hydrogens (tertiary/aromatic N) is 4. The molecule has 1 aliphatic rings. The summed E-state index contributed by atoms with van der Waals surface area (Å²) in [5.41, 5.74) is 0.242. The third-order valence-electron chi connectivity index (χ3n) is 5.34. The summed E-state index contributed by atoms with van der Waals surface area (Å²) in [5, 5.41) is 0. The molecule has 2 aromatic heterocycles. The zero-order valence-corrected chi connectivity index (χ0v) is 14.3. The van der Waals surface area contributed by atoms with Gasteiger partial charge in [-0.1, -0.05) is 38.5 Å². The molecule has 1 aliphatic carbocycles.